The highest BCUT2D eigenvalue weighted by Crippen LogP contribution is 2.24. The van der Waals surface area contributed by atoms with E-state index in [0.717, 1.165) is 12.2 Å². The molecule has 0 aliphatic carbocycles. The molecular formula is C16H19N3O2S. The van der Waals surface area contributed by atoms with Crippen molar-refractivity contribution in [3.05, 3.63) is 47.0 Å². The maximum Gasteiger partial charge on any atom is 0.240 e. The lowest BCUT2D eigenvalue weighted by Gasteiger charge is -2.35. The molecule has 1 aromatic heterocycles. The maximum atomic E-state index is 12.2. The number of morpholine rings is 1. The molecular weight excluding hydrogens is 298 g/mol. The summed E-state index contributed by atoms with van der Waals surface area (Å²) in [5, 5.41) is 5.46. The lowest BCUT2D eigenvalue weighted by Crippen LogP contribution is -2.43. The van der Waals surface area contributed by atoms with Gasteiger partial charge in [0.15, 0.2) is 5.13 Å². The van der Waals surface area contributed by atoms with E-state index < -0.39 is 0 Å². The lowest BCUT2D eigenvalue weighted by atomic mass is 10.1. The number of benzene rings is 1. The van der Waals surface area contributed by atoms with E-state index in [1.807, 2.05) is 30.5 Å². The van der Waals surface area contributed by atoms with Crippen LogP contribution in [0.3, 0.4) is 0 Å². The highest BCUT2D eigenvalue weighted by molar-refractivity contribution is 7.13. The first kappa shape index (κ1) is 15.1. The molecule has 1 atom stereocenters. The Morgan fingerprint density at radius 1 is 1.45 bits per heavy atom. The van der Waals surface area contributed by atoms with Gasteiger partial charge in [0.05, 0.1) is 31.5 Å². The zero-order chi connectivity index (χ0) is 15.4. The number of nitrogens with zero attached hydrogens (tertiary/aromatic N) is 2. The van der Waals surface area contributed by atoms with Crippen molar-refractivity contribution in [3.8, 4) is 0 Å². The first-order valence-electron chi connectivity index (χ1n) is 7.31. The molecule has 22 heavy (non-hydrogen) atoms. The van der Waals surface area contributed by atoms with Crippen LogP contribution in [0, 0.1) is 6.92 Å². The Bertz CT molecular complexity index is 629. The monoisotopic (exact) mass is 317 g/mol. The van der Waals surface area contributed by atoms with E-state index in [-0.39, 0.29) is 11.9 Å². The van der Waals surface area contributed by atoms with Crippen LogP contribution in [0.5, 0.6) is 0 Å². The molecule has 0 radical (unpaired) electrons. The summed E-state index contributed by atoms with van der Waals surface area (Å²) in [5.41, 5.74) is 2.11. The number of thiazole rings is 1. The number of anilines is 1. The normalized spacial score (nSPS) is 19.0. The Hall–Kier alpha value is -1.76. The predicted octanol–water partition coefficient (Wildman–Crippen LogP) is 2.46. The topological polar surface area (TPSA) is 54.5 Å². The summed E-state index contributed by atoms with van der Waals surface area (Å²) in [4.78, 5) is 18.7. The molecule has 0 spiro atoms. The molecule has 1 aromatic carbocycles. The maximum absolute atomic E-state index is 12.2. The van der Waals surface area contributed by atoms with Crippen molar-refractivity contribution >= 4 is 22.4 Å². The molecule has 3 rings (SSSR count). The Balaban J connectivity index is 1.65. The van der Waals surface area contributed by atoms with E-state index in [2.05, 4.69) is 27.3 Å². The molecule has 116 valence electrons. The Labute approximate surface area is 133 Å². The van der Waals surface area contributed by atoms with Crippen molar-refractivity contribution in [1.29, 1.82) is 0 Å². The van der Waals surface area contributed by atoms with E-state index in [1.54, 1.807) is 0 Å². The van der Waals surface area contributed by atoms with Crippen molar-refractivity contribution in [3.63, 3.8) is 0 Å². The molecule has 1 N–H and O–H groups in total. The third kappa shape index (κ3) is 3.71. The van der Waals surface area contributed by atoms with Crippen LogP contribution in [0.15, 0.2) is 35.7 Å². The van der Waals surface area contributed by atoms with Crippen molar-refractivity contribution in [2.24, 2.45) is 0 Å². The van der Waals surface area contributed by atoms with E-state index in [1.165, 1.54) is 16.9 Å². The number of ether oxygens (including phenoxy) is 1. The van der Waals surface area contributed by atoms with Crippen LogP contribution in [-0.2, 0) is 9.53 Å². The standard InChI is InChI=1S/C16H19N3O2S/c1-12-11-22-16(17-12)18-15(20)9-19-7-8-21-10-14(19)13-5-3-2-4-6-13/h2-6,11,14H,7-10H2,1H3,(H,17,18,20)/t14-/m1/s1. The van der Waals surface area contributed by atoms with Crippen molar-refractivity contribution in [1.82, 2.24) is 9.88 Å². The Kier molecular flexibility index (Phi) is 4.82. The van der Waals surface area contributed by atoms with Gasteiger partial charge in [0.2, 0.25) is 5.91 Å². The summed E-state index contributed by atoms with van der Waals surface area (Å²) >= 11 is 1.45. The summed E-state index contributed by atoms with van der Waals surface area (Å²) in [6.45, 7) is 4.30. The third-order valence-electron chi connectivity index (χ3n) is 3.64. The van der Waals surface area contributed by atoms with Gasteiger partial charge in [0, 0.05) is 11.9 Å². The summed E-state index contributed by atoms with van der Waals surface area (Å²) in [6, 6.07) is 10.3. The molecule has 2 aromatic rings. The van der Waals surface area contributed by atoms with E-state index >= 15 is 0 Å². The molecule has 1 aliphatic heterocycles. The number of hydrogen-bond acceptors (Lipinski definition) is 5. The molecule has 1 saturated heterocycles. The molecule has 1 amide bonds. The molecule has 2 heterocycles. The van der Waals surface area contributed by atoms with Gasteiger partial charge in [0.1, 0.15) is 0 Å². The molecule has 1 aliphatic rings. The quantitative estimate of drug-likeness (QED) is 0.941. The van der Waals surface area contributed by atoms with Gasteiger partial charge in [-0.05, 0) is 12.5 Å². The van der Waals surface area contributed by atoms with E-state index in [4.69, 9.17) is 4.74 Å². The van der Waals surface area contributed by atoms with Gasteiger partial charge in [0.25, 0.3) is 0 Å². The largest absolute Gasteiger partial charge is 0.378 e. The second kappa shape index (κ2) is 7.00. The average Bonchev–Trinajstić information content (AvgIpc) is 2.93. The number of carbonyl (C=O) groups is 1. The van der Waals surface area contributed by atoms with Crippen LogP contribution in [-0.4, -0.2) is 42.1 Å². The number of rotatable bonds is 4. The fourth-order valence-corrected chi connectivity index (χ4v) is 3.27. The second-order valence-electron chi connectivity index (χ2n) is 5.31. The van der Waals surface area contributed by atoms with Gasteiger partial charge in [-0.25, -0.2) is 4.98 Å². The van der Waals surface area contributed by atoms with E-state index in [0.29, 0.717) is 24.9 Å². The zero-order valence-corrected chi connectivity index (χ0v) is 13.3. The summed E-state index contributed by atoms with van der Waals surface area (Å²) in [5.74, 6) is -0.0304. The minimum absolute atomic E-state index is 0.0304. The highest BCUT2D eigenvalue weighted by Gasteiger charge is 2.26. The average molecular weight is 317 g/mol. The number of aryl methyl sites for hydroxylation is 1. The molecule has 6 heteroatoms. The first-order chi connectivity index (χ1) is 10.7. The SMILES string of the molecule is Cc1csc(NC(=O)CN2CCOC[C@@H]2c2ccccc2)n1. The third-order valence-corrected chi connectivity index (χ3v) is 4.51. The predicted molar refractivity (Wildman–Crippen MR) is 87.1 cm³/mol. The molecule has 1 fully saturated rings. The minimum Gasteiger partial charge on any atom is -0.378 e. The van der Waals surface area contributed by atoms with Gasteiger partial charge in [-0.1, -0.05) is 30.3 Å². The fraction of sp³-hybridized carbons (Fsp3) is 0.375. The minimum atomic E-state index is -0.0304. The fourth-order valence-electron chi connectivity index (χ4n) is 2.56. The highest BCUT2D eigenvalue weighted by atomic mass is 32.1. The summed E-state index contributed by atoms with van der Waals surface area (Å²) in [7, 11) is 0. The molecule has 0 bridgehead atoms. The number of carbonyl (C=O) groups excluding carboxylic acids is 1. The van der Waals surface area contributed by atoms with Crippen LogP contribution in [0.2, 0.25) is 0 Å². The van der Waals surface area contributed by atoms with Gasteiger partial charge in [-0.2, -0.15) is 0 Å². The van der Waals surface area contributed by atoms with E-state index in [9.17, 15) is 4.79 Å². The van der Waals surface area contributed by atoms with Gasteiger partial charge in [-0.15, -0.1) is 11.3 Å². The molecule has 5 nitrogen and oxygen atoms in total. The molecule has 0 saturated carbocycles. The zero-order valence-electron chi connectivity index (χ0n) is 12.5. The number of nitrogens with one attached hydrogen (secondary N) is 1. The van der Waals surface area contributed by atoms with Crippen LogP contribution < -0.4 is 5.32 Å². The van der Waals surface area contributed by atoms with Gasteiger partial charge in [-0.3, -0.25) is 9.69 Å². The van der Waals surface area contributed by atoms with Crippen LogP contribution >= 0.6 is 11.3 Å². The Morgan fingerprint density at radius 2 is 2.27 bits per heavy atom. The second-order valence-corrected chi connectivity index (χ2v) is 6.17. The summed E-state index contributed by atoms with van der Waals surface area (Å²) in [6.07, 6.45) is 0. The van der Waals surface area contributed by atoms with Crippen molar-refractivity contribution in [2.75, 3.05) is 31.6 Å². The number of amides is 1. The lowest BCUT2D eigenvalue weighted by molar-refractivity contribution is -0.119. The number of hydrogen-bond donors (Lipinski definition) is 1. The summed E-state index contributed by atoms with van der Waals surface area (Å²) < 4.78 is 5.59. The molecule has 0 unspecified atom stereocenters. The Morgan fingerprint density at radius 3 is 3.00 bits per heavy atom. The van der Waals surface area contributed by atoms with Crippen LogP contribution in [0.1, 0.15) is 17.3 Å². The van der Waals surface area contributed by atoms with Crippen molar-refractivity contribution < 1.29 is 9.53 Å². The van der Waals surface area contributed by atoms with Crippen molar-refractivity contribution in [2.45, 2.75) is 13.0 Å². The first-order valence-corrected chi connectivity index (χ1v) is 8.19. The van der Waals surface area contributed by atoms with Gasteiger partial charge < -0.3 is 10.1 Å². The van der Waals surface area contributed by atoms with Gasteiger partial charge >= 0.3 is 0 Å². The van der Waals surface area contributed by atoms with Crippen LogP contribution in [0.4, 0.5) is 5.13 Å². The number of aromatic nitrogens is 1. The van der Waals surface area contributed by atoms with Crippen LogP contribution in [0.25, 0.3) is 0 Å². The smallest absolute Gasteiger partial charge is 0.240 e.